The number of carbonyl (C=O) groups is 2. The van der Waals surface area contributed by atoms with Crippen LogP contribution in [0.3, 0.4) is 0 Å². The summed E-state index contributed by atoms with van der Waals surface area (Å²) in [6.07, 6.45) is 11.3. The van der Waals surface area contributed by atoms with Gasteiger partial charge in [-0.25, -0.2) is 4.79 Å². The van der Waals surface area contributed by atoms with E-state index in [9.17, 15) is 9.59 Å². The van der Waals surface area contributed by atoms with Crippen LogP contribution >= 0.6 is 0 Å². The highest BCUT2D eigenvalue weighted by atomic mass is 16.6. The number of hydrogen-bond donors (Lipinski definition) is 1. The average Bonchev–Trinajstić information content (AvgIpc) is 2.82. The highest BCUT2D eigenvalue weighted by molar-refractivity contribution is 5.89. The monoisotopic (exact) mass is 449 g/mol. The van der Waals surface area contributed by atoms with Gasteiger partial charge in [0.2, 0.25) is 0 Å². The Kier molecular flexibility index (Phi) is 7.24. The molecule has 32 heavy (non-hydrogen) atoms. The van der Waals surface area contributed by atoms with Gasteiger partial charge in [0.1, 0.15) is 5.72 Å². The first-order chi connectivity index (χ1) is 14.8. The molecule has 0 bridgehead atoms. The topological polar surface area (TPSA) is 61.9 Å². The van der Waals surface area contributed by atoms with E-state index in [1.165, 1.54) is 32.1 Å². The van der Waals surface area contributed by atoms with Gasteiger partial charge >= 0.3 is 6.03 Å². The highest BCUT2D eigenvalue weighted by Crippen LogP contribution is 2.51. The molecule has 184 valence electrons. The van der Waals surface area contributed by atoms with Crippen LogP contribution in [0.5, 0.6) is 0 Å². The first kappa shape index (κ1) is 25.3. The summed E-state index contributed by atoms with van der Waals surface area (Å²) >= 11 is 0. The van der Waals surface area contributed by atoms with E-state index < -0.39 is 22.4 Å². The minimum atomic E-state index is -0.872. The Hall–Kier alpha value is -1.30. The summed E-state index contributed by atoms with van der Waals surface area (Å²) < 4.78 is 6.63. The second-order valence-electron chi connectivity index (χ2n) is 12.2. The largest absolute Gasteiger partial charge is 0.340 e. The van der Waals surface area contributed by atoms with Gasteiger partial charge in [-0.1, -0.05) is 45.4 Å². The third-order valence-corrected chi connectivity index (χ3v) is 7.75. The Labute approximate surface area is 195 Å². The Balaban J connectivity index is 1.78. The molecule has 0 atom stereocenters. The molecule has 2 heterocycles. The highest BCUT2D eigenvalue weighted by Gasteiger charge is 2.64. The van der Waals surface area contributed by atoms with E-state index >= 15 is 0 Å². The molecule has 0 aromatic rings. The van der Waals surface area contributed by atoms with Gasteiger partial charge in [0, 0.05) is 36.5 Å². The van der Waals surface area contributed by atoms with E-state index in [0.29, 0.717) is 12.8 Å². The summed E-state index contributed by atoms with van der Waals surface area (Å²) in [5, 5.41) is 3.31. The Bertz CT molecular complexity index is 676. The fourth-order valence-electron chi connectivity index (χ4n) is 6.83. The van der Waals surface area contributed by atoms with E-state index in [4.69, 9.17) is 4.74 Å². The molecule has 1 aliphatic carbocycles. The van der Waals surface area contributed by atoms with Gasteiger partial charge in [-0.2, -0.15) is 0 Å². The van der Waals surface area contributed by atoms with Crippen LogP contribution in [0.15, 0.2) is 0 Å². The van der Waals surface area contributed by atoms with Crippen molar-refractivity contribution in [2.24, 2.45) is 0 Å². The summed E-state index contributed by atoms with van der Waals surface area (Å²) in [6.45, 7) is 15.3. The third-order valence-electron chi connectivity index (χ3n) is 7.75. The summed E-state index contributed by atoms with van der Waals surface area (Å²) in [7, 11) is 0. The van der Waals surface area contributed by atoms with Crippen LogP contribution < -0.4 is 5.32 Å². The predicted molar refractivity (Wildman–Crippen MR) is 128 cm³/mol. The van der Waals surface area contributed by atoms with Crippen molar-refractivity contribution < 1.29 is 14.3 Å². The van der Waals surface area contributed by atoms with Gasteiger partial charge in [0.15, 0.2) is 5.60 Å². The molecule has 3 amide bonds. The molecule has 1 saturated carbocycles. The SMILES string of the molecule is CCCCCCN1C(=O)C2(CC(C)(C)N(C(=O)NC3CCCCC3)C(C)(C)C2)OC1(C)C. The molecular formula is C26H47N3O3. The summed E-state index contributed by atoms with van der Waals surface area (Å²) in [6, 6.07) is 0.267. The zero-order valence-electron chi connectivity index (χ0n) is 21.7. The fraction of sp³-hybridized carbons (Fsp3) is 0.923. The summed E-state index contributed by atoms with van der Waals surface area (Å²) in [5.41, 5.74) is -2.49. The van der Waals surface area contributed by atoms with Crippen LogP contribution in [0, 0.1) is 0 Å². The first-order valence-corrected chi connectivity index (χ1v) is 13.0. The molecule has 3 aliphatic rings. The Morgan fingerprint density at radius 3 is 2.12 bits per heavy atom. The molecule has 0 radical (unpaired) electrons. The van der Waals surface area contributed by atoms with E-state index in [0.717, 1.165) is 32.2 Å². The molecule has 1 N–H and O–H groups in total. The van der Waals surface area contributed by atoms with Crippen molar-refractivity contribution in [3.05, 3.63) is 0 Å². The molecule has 0 aromatic heterocycles. The van der Waals surface area contributed by atoms with Crippen molar-refractivity contribution in [3.63, 3.8) is 0 Å². The van der Waals surface area contributed by atoms with Crippen LogP contribution in [0.25, 0.3) is 0 Å². The van der Waals surface area contributed by atoms with E-state index in [1.807, 2.05) is 23.6 Å². The predicted octanol–water partition coefficient (Wildman–Crippen LogP) is 5.60. The summed E-state index contributed by atoms with van der Waals surface area (Å²) in [5.74, 6) is 0.104. The molecule has 6 heteroatoms. The van der Waals surface area contributed by atoms with Gasteiger partial charge in [-0.15, -0.1) is 0 Å². The number of ether oxygens (including phenoxy) is 1. The number of amides is 3. The Morgan fingerprint density at radius 2 is 1.56 bits per heavy atom. The van der Waals surface area contributed by atoms with E-state index in [-0.39, 0.29) is 18.0 Å². The normalized spacial score (nSPS) is 26.5. The molecule has 1 spiro atoms. The van der Waals surface area contributed by atoms with Crippen LogP contribution in [0.4, 0.5) is 4.79 Å². The maximum atomic E-state index is 13.8. The second kappa shape index (κ2) is 9.15. The van der Waals surface area contributed by atoms with Gasteiger partial charge < -0.3 is 19.9 Å². The minimum Gasteiger partial charge on any atom is -0.340 e. The van der Waals surface area contributed by atoms with Crippen molar-refractivity contribution in [3.8, 4) is 0 Å². The van der Waals surface area contributed by atoms with Gasteiger partial charge in [0.05, 0.1) is 0 Å². The number of unbranched alkanes of at least 4 members (excludes halogenated alkanes) is 3. The fourth-order valence-corrected chi connectivity index (χ4v) is 6.83. The molecule has 0 aromatic carbocycles. The van der Waals surface area contributed by atoms with E-state index in [2.05, 4.69) is 39.9 Å². The molecule has 2 saturated heterocycles. The van der Waals surface area contributed by atoms with E-state index in [1.54, 1.807) is 0 Å². The molecule has 2 aliphatic heterocycles. The number of nitrogens with zero attached hydrogens (tertiary/aromatic N) is 2. The number of rotatable bonds is 6. The van der Waals surface area contributed by atoms with Crippen molar-refractivity contribution in [2.75, 3.05) is 6.54 Å². The zero-order valence-corrected chi connectivity index (χ0v) is 21.7. The first-order valence-electron chi connectivity index (χ1n) is 13.0. The lowest BCUT2D eigenvalue weighted by Crippen LogP contribution is -2.70. The van der Waals surface area contributed by atoms with Crippen molar-refractivity contribution >= 4 is 11.9 Å². The standard InChI is InChI=1S/C26H47N3O3/c1-8-9-10-14-17-28-21(30)26(32-25(28,6)7)18-23(2,3)29(24(4,5)19-26)22(31)27-20-15-12-11-13-16-20/h20H,8-19H2,1-7H3,(H,27,31). The smallest absolute Gasteiger partial charge is 0.318 e. The number of hydrogen-bond acceptors (Lipinski definition) is 3. The summed E-state index contributed by atoms with van der Waals surface area (Å²) in [4.78, 5) is 31.2. The van der Waals surface area contributed by atoms with Crippen molar-refractivity contribution in [1.29, 1.82) is 0 Å². The number of nitrogens with one attached hydrogen (secondary N) is 1. The van der Waals surface area contributed by atoms with Gasteiger partial charge in [-0.05, 0) is 60.8 Å². The van der Waals surface area contributed by atoms with Crippen LogP contribution in [0.2, 0.25) is 0 Å². The van der Waals surface area contributed by atoms with Gasteiger partial charge in [-0.3, -0.25) is 4.79 Å². The maximum absolute atomic E-state index is 13.8. The third kappa shape index (κ3) is 4.95. The van der Waals surface area contributed by atoms with Crippen LogP contribution in [-0.2, 0) is 9.53 Å². The van der Waals surface area contributed by atoms with Crippen LogP contribution in [-0.4, -0.2) is 56.7 Å². The lowest BCUT2D eigenvalue weighted by atomic mass is 9.70. The minimum absolute atomic E-state index is 0.00266. The number of likely N-dealkylation sites (tertiary alicyclic amines) is 1. The molecule has 3 rings (SSSR count). The number of piperidine rings is 1. The Morgan fingerprint density at radius 1 is 0.969 bits per heavy atom. The molecule has 6 nitrogen and oxygen atoms in total. The zero-order chi connectivity index (χ0) is 23.8. The lowest BCUT2D eigenvalue weighted by Gasteiger charge is -2.57. The molecular weight excluding hydrogens is 402 g/mol. The maximum Gasteiger partial charge on any atom is 0.318 e. The lowest BCUT2D eigenvalue weighted by molar-refractivity contribution is -0.175. The second-order valence-corrected chi connectivity index (χ2v) is 12.2. The van der Waals surface area contributed by atoms with Crippen molar-refractivity contribution in [2.45, 2.75) is 148 Å². The molecule has 3 fully saturated rings. The quantitative estimate of drug-likeness (QED) is 0.537. The molecule has 0 unspecified atom stereocenters. The number of carbonyl (C=O) groups excluding carboxylic acids is 2. The van der Waals surface area contributed by atoms with Crippen LogP contribution in [0.1, 0.15) is 119 Å². The van der Waals surface area contributed by atoms with Gasteiger partial charge in [0.25, 0.3) is 5.91 Å². The van der Waals surface area contributed by atoms with Crippen molar-refractivity contribution in [1.82, 2.24) is 15.1 Å². The number of urea groups is 1. The average molecular weight is 450 g/mol.